The zero-order valence-electron chi connectivity index (χ0n) is 18.1. The lowest BCUT2D eigenvalue weighted by Crippen LogP contribution is -2.12. The molecule has 0 bridgehead atoms. The molecule has 0 atom stereocenters. The van der Waals surface area contributed by atoms with Crippen LogP contribution in [0.3, 0.4) is 0 Å². The normalized spacial score (nSPS) is 11.9. The highest BCUT2D eigenvalue weighted by atomic mass is 35.5. The summed E-state index contributed by atoms with van der Waals surface area (Å²) in [6, 6.07) is 34.6. The maximum atomic E-state index is 6.24. The summed E-state index contributed by atoms with van der Waals surface area (Å²) in [6.45, 7) is 6.89. The van der Waals surface area contributed by atoms with E-state index in [0.29, 0.717) is 0 Å². The van der Waals surface area contributed by atoms with Crippen LogP contribution >= 0.6 is 11.6 Å². The van der Waals surface area contributed by atoms with Crippen LogP contribution in [-0.4, -0.2) is 0 Å². The third-order valence-corrected chi connectivity index (χ3v) is 6.30. The van der Waals surface area contributed by atoms with Crippen LogP contribution in [0, 0.1) is 0 Å². The SMILES string of the molecule is CC(C)(C)c1cccc2c(-c3ccccc3)c3ccccc3c(-c3ccc(Cl)cc3)c12. The van der Waals surface area contributed by atoms with Gasteiger partial charge in [0.25, 0.3) is 0 Å². The van der Waals surface area contributed by atoms with Gasteiger partial charge in [0.2, 0.25) is 0 Å². The minimum atomic E-state index is 0.0110. The van der Waals surface area contributed by atoms with Gasteiger partial charge in [-0.15, -0.1) is 0 Å². The molecule has 5 aromatic rings. The second kappa shape index (κ2) is 7.55. The molecule has 0 saturated heterocycles. The topological polar surface area (TPSA) is 0 Å². The fraction of sp³-hybridized carbons (Fsp3) is 0.133. The molecule has 0 fully saturated rings. The van der Waals surface area contributed by atoms with Crippen LogP contribution in [0.1, 0.15) is 26.3 Å². The molecule has 0 nitrogen and oxygen atoms in total. The minimum absolute atomic E-state index is 0.0110. The molecule has 5 rings (SSSR count). The van der Waals surface area contributed by atoms with Gasteiger partial charge in [-0.05, 0) is 66.9 Å². The summed E-state index contributed by atoms with van der Waals surface area (Å²) >= 11 is 6.24. The first kappa shape index (κ1) is 19.8. The zero-order chi connectivity index (χ0) is 21.6. The average molecular weight is 421 g/mol. The van der Waals surface area contributed by atoms with Crippen molar-refractivity contribution >= 4 is 33.1 Å². The Morgan fingerprint density at radius 1 is 0.516 bits per heavy atom. The number of halogens is 1. The van der Waals surface area contributed by atoms with Gasteiger partial charge in [0.1, 0.15) is 0 Å². The van der Waals surface area contributed by atoms with Crippen molar-refractivity contribution in [1.29, 1.82) is 0 Å². The van der Waals surface area contributed by atoms with E-state index in [9.17, 15) is 0 Å². The maximum Gasteiger partial charge on any atom is 0.0406 e. The van der Waals surface area contributed by atoms with Crippen LogP contribution in [0.2, 0.25) is 5.02 Å². The quantitative estimate of drug-likeness (QED) is 0.249. The van der Waals surface area contributed by atoms with Crippen molar-refractivity contribution in [1.82, 2.24) is 0 Å². The van der Waals surface area contributed by atoms with Gasteiger partial charge in [0.15, 0.2) is 0 Å². The van der Waals surface area contributed by atoms with E-state index in [0.717, 1.165) is 5.02 Å². The fourth-order valence-electron chi connectivity index (χ4n) is 4.69. The van der Waals surface area contributed by atoms with Crippen molar-refractivity contribution in [3.05, 3.63) is 108 Å². The van der Waals surface area contributed by atoms with Crippen molar-refractivity contribution in [2.45, 2.75) is 26.2 Å². The molecule has 0 aliphatic carbocycles. The van der Waals surface area contributed by atoms with E-state index in [2.05, 4.69) is 106 Å². The summed E-state index contributed by atoms with van der Waals surface area (Å²) in [5.74, 6) is 0. The largest absolute Gasteiger partial charge is 0.0843 e. The molecule has 152 valence electrons. The number of hydrogen-bond acceptors (Lipinski definition) is 0. The fourth-order valence-corrected chi connectivity index (χ4v) is 4.81. The van der Waals surface area contributed by atoms with Gasteiger partial charge < -0.3 is 0 Å². The van der Waals surface area contributed by atoms with Gasteiger partial charge in [-0.1, -0.05) is 117 Å². The Morgan fingerprint density at radius 2 is 1.06 bits per heavy atom. The van der Waals surface area contributed by atoms with E-state index in [-0.39, 0.29) is 5.41 Å². The Labute approximate surface area is 189 Å². The van der Waals surface area contributed by atoms with Gasteiger partial charge in [-0.25, -0.2) is 0 Å². The molecule has 0 saturated carbocycles. The predicted octanol–water partition coefficient (Wildman–Crippen LogP) is 9.28. The lowest BCUT2D eigenvalue weighted by atomic mass is 9.78. The number of benzene rings is 5. The Kier molecular flexibility index (Phi) is 4.84. The molecule has 31 heavy (non-hydrogen) atoms. The summed E-state index contributed by atoms with van der Waals surface area (Å²) < 4.78 is 0. The molecular formula is C30H25Cl. The third kappa shape index (κ3) is 3.42. The van der Waals surface area contributed by atoms with E-state index in [1.165, 1.54) is 49.4 Å². The molecule has 0 aromatic heterocycles. The summed E-state index contributed by atoms with van der Waals surface area (Å²) in [5, 5.41) is 5.93. The van der Waals surface area contributed by atoms with Crippen LogP contribution in [-0.2, 0) is 5.41 Å². The second-order valence-electron chi connectivity index (χ2n) is 9.15. The van der Waals surface area contributed by atoms with Crippen LogP contribution < -0.4 is 0 Å². The molecule has 0 aliphatic heterocycles. The Morgan fingerprint density at radius 3 is 1.71 bits per heavy atom. The van der Waals surface area contributed by atoms with E-state index in [1.54, 1.807) is 0 Å². The molecule has 0 unspecified atom stereocenters. The molecule has 5 aromatic carbocycles. The van der Waals surface area contributed by atoms with Gasteiger partial charge in [0, 0.05) is 5.02 Å². The zero-order valence-corrected chi connectivity index (χ0v) is 18.9. The maximum absolute atomic E-state index is 6.24. The first-order valence-corrected chi connectivity index (χ1v) is 11.1. The lowest BCUT2D eigenvalue weighted by molar-refractivity contribution is 0.596. The minimum Gasteiger partial charge on any atom is -0.0843 e. The van der Waals surface area contributed by atoms with E-state index in [1.807, 2.05) is 12.1 Å². The molecule has 0 radical (unpaired) electrons. The molecular weight excluding hydrogens is 396 g/mol. The second-order valence-corrected chi connectivity index (χ2v) is 9.58. The monoisotopic (exact) mass is 420 g/mol. The van der Waals surface area contributed by atoms with E-state index in [4.69, 9.17) is 11.6 Å². The molecule has 0 aliphatic rings. The van der Waals surface area contributed by atoms with Crippen molar-refractivity contribution in [2.75, 3.05) is 0 Å². The van der Waals surface area contributed by atoms with Crippen molar-refractivity contribution < 1.29 is 0 Å². The first-order chi connectivity index (χ1) is 14.9. The number of hydrogen-bond donors (Lipinski definition) is 0. The van der Waals surface area contributed by atoms with Crippen LogP contribution in [0.4, 0.5) is 0 Å². The molecule has 0 heterocycles. The average Bonchev–Trinajstić information content (AvgIpc) is 2.77. The van der Waals surface area contributed by atoms with Gasteiger partial charge >= 0.3 is 0 Å². The molecule has 0 N–H and O–H groups in total. The standard InChI is InChI=1S/C30H25Cl/c1-30(2,3)26-15-9-14-25-27(20-10-5-4-6-11-20)23-12-7-8-13-24(23)28(29(25)26)21-16-18-22(31)19-17-21/h4-19H,1-3H3. The summed E-state index contributed by atoms with van der Waals surface area (Å²) in [5.41, 5.74) is 6.40. The predicted molar refractivity (Wildman–Crippen MR) is 136 cm³/mol. The molecule has 0 spiro atoms. The van der Waals surface area contributed by atoms with Gasteiger partial charge in [-0.3, -0.25) is 0 Å². The van der Waals surface area contributed by atoms with Gasteiger partial charge in [-0.2, -0.15) is 0 Å². The third-order valence-electron chi connectivity index (χ3n) is 6.05. The summed E-state index contributed by atoms with van der Waals surface area (Å²) in [7, 11) is 0. The lowest BCUT2D eigenvalue weighted by Gasteiger charge is -2.26. The number of fused-ring (bicyclic) bond motifs is 2. The highest BCUT2D eigenvalue weighted by Gasteiger charge is 2.23. The van der Waals surface area contributed by atoms with Gasteiger partial charge in [0.05, 0.1) is 0 Å². The molecule has 0 amide bonds. The highest BCUT2D eigenvalue weighted by Crippen LogP contribution is 2.46. The summed E-state index contributed by atoms with van der Waals surface area (Å²) in [6.07, 6.45) is 0. The Balaban J connectivity index is 2.06. The van der Waals surface area contributed by atoms with Crippen LogP contribution in [0.25, 0.3) is 43.8 Å². The van der Waals surface area contributed by atoms with Crippen molar-refractivity contribution in [2.24, 2.45) is 0 Å². The van der Waals surface area contributed by atoms with E-state index < -0.39 is 0 Å². The van der Waals surface area contributed by atoms with Crippen LogP contribution in [0.15, 0.2) is 97.1 Å². The Bertz CT molecular complexity index is 1390. The molecule has 1 heteroatoms. The van der Waals surface area contributed by atoms with Crippen molar-refractivity contribution in [3.63, 3.8) is 0 Å². The van der Waals surface area contributed by atoms with E-state index >= 15 is 0 Å². The smallest absolute Gasteiger partial charge is 0.0406 e. The Hall–Kier alpha value is -3.09. The summed E-state index contributed by atoms with van der Waals surface area (Å²) in [4.78, 5) is 0. The van der Waals surface area contributed by atoms with Crippen LogP contribution in [0.5, 0.6) is 0 Å². The highest BCUT2D eigenvalue weighted by molar-refractivity contribution is 6.30. The van der Waals surface area contributed by atoms with Crippen molar-refractivity contribution in [3.8, 4) is 22.3 Å². The first-order valence-electron chi connectivity index (χ1n) is 10.7. The number of rotatable bonds is 2.